The number of benzene rings is 3. The van der Waals surface area contributed by atoms with Crippen molar-refractivity contribution in [3.8, 4) is 11.5 Å². The van der Waals surface area contributed by atoms with Crippen LogP contribution in [0.3, 0.4) is 0 Å². The Morgan fingerprint density at radius 2 is 1.43 bits per heavy atom. The number of non-ortho nitro benzene ring substituents is 1. The minimum Gasteiger partial charge on any atom is -0.461 e. The van der Waals surface area contributed by atoms with Crippen molar-refractivity contribution >= 4 is 23.3 Å². The smallest absolute Gasteiger partial charge is 0.310 e. The molecule has 0 aromatic heterocycles. The van der Waals surface area contributed by atoms with Gasteiger partial charge in [0.25, 0.3) is 5.69 Å². The topological polar surface area (TPSA) is 108 Å². The molecule has 4 rings (SSSR count). The number of rotatable bonds is 9. The van der Waals surface area contributed by atoms with Crippen molar-refractivity contribution < 1.29 is 24.0 Å². The van der Waals surface area contributed by atoms with E-state index in [-0.39, 0.29) is 24.2 Å². The number of amides is 1. The summed E-state index contributed by atoms with van der Waals surface area (Å²) in [5.74, 6) is -0.336. The second-order valence-electron chi connectivity index (χ2n) is 9.14. The summed E-state index contributed by atoms with van der Waals surface area (Å²) >= 11 is 0. The zero-order valence-electron chi connectivity index (χ0n) is 20.7. The largest absolute Gasteiger partial charge is 0.461 e. The molecule has 0 spiro atoms. The number of hydrogen-bond acceptors (Lipinski definition) is 6. The third-order valence-electron chi connectivity index (χ3n) is 6.62. The third kappa shape index (κ3) is 6.94. The molecule has 3 aromatic rings. The summed E-state index contributed by atoms with van der Waals surface area (Å²) in [6, 6.07) is 20.6. The standard InChI is InChI=1S/C29H30N2O6/c1-2-20-7-11-22(12-8-20)30-28(32)26-5-3-4-6-27(26)29(33)36-19-21-9-15-24(16-10-21)37-25-17-13-23(14-18-25)31(34)35/h7-18,26-27H,2-6,19H2,1H3,(H,30,32). The van der Waals surface area contributed by atoms with Crippen LogP contribution in [0.15, 0.2) is 72.8 Å². The molecule has 8 heteroatoms. The Kier molecular flexibility index (Phi) is 8.51. The molecule has 1 aliphatic rings. The maximum atomic E-state index is 13.0. The maximum Gasteiger partial charge on any atom is 0.310 e. The number of esters is 1. The van der Waals surface area contributed by atoms with E-state index in [1.807, 2.05) is 24.3 Å². The number of carbonyl (C=O) groups is 2. The fourth-order valence-electron chi connectivity index (χ4n) is 4.47. The molecule has 2 atom stereocenters. The van der Waals surface area contributed by atoms with Gasteiger partial charge in [0, 0.05) is 17.8 Å². The fourth-order valence-corrected chi connectivity index (χ4v) is 4.47. The predicted octanol–water partition coefficient (Wildman–Crippen LogP) is 6.44. The lowest BCUT2D eigenvalue weighted by atomic mass is 9.78. The van der Waals surface area contributed by atoms with Crippen LogP contribution in [-0.4, -0.2) is 16.8 Å². The summed E-state index contributed by atoms with van der Waals surface area (Å²) < 4.78 is 11.3. The molecular formula is C29H30N2O6. The second-order valence-corrected chi connectivity index (χ2v) is 9.14. The van der Waals surface area contributed by atoms with E-state index >= 15 is 0 Å². The highest BCUT2D eigenvalue weighted by atomic mass is 16.6. The summed E-state index contributed by atoms with van der Waals surface area (Å²) in [7, 11) is 0. The lowest BCUT2D eigenvalue weighted by Gasteiger charge is -2.29. The SMILES string of the molecule is CCc1ccc(NC(=O)C2CCCCC2C(=O)OCc2ccc(Oc3ccc([N+](=O)[O-])cc3)cc2)cc1. The average Bonchev–Trinajstić information content (AvgIpc) is 2.93. The molecule has 3 aromatic carbocycles. The quantitative estimate of drug-likeness (QED) is 0.205. The van der Waals surface area contributed by atoms with Gasteiger partial charge in [-0.2, -0.15) is 0 Å². The first kappa shape index (κ1) is 25.9. The number of nitrogens with zero attached hydrogens (tertiary/aromatic N) is 1. The third-order valence-corrected chi connectivity index (χ3v) is 6.62. The Labute approximate surface area is 215 Å². The van der Waals surface area contributed by atoms with E-state index in [0.29, 0.717) is 24.3 Å². The highest BCUT2D eigenvalue weighted by Gasteiger charge is 2.36. The summed E-state index contributed by atoms with van der Waals surface area (Å²) in [4.78, 5) is 36.2. The van der Waals surface area contributed by atoms with Crippen LogP contribution < -0.4 is 10.1 Å². The summed E-state index contributed by atoms with van der Waals surface area (Å²) in [6.07, 6.45) is 4.03. The highest BCUT2D eigenvalue weighted by molar-refractivity contribution is 5.95. The van der Waals surface area contributed by atoms with Crippen molar-refractivity contribution in [2.24, 2.45) is 11.8 Å². The number of aryl methyl sites for hydroxylation is 1. The van der Waals surface area contributed by atoms with Crippen LogP contribution in [0.2, 0.25) is 0 Å². The monoisotopic (exact) mass is 502 g/mol. The Hall–Kier alpha value is -4.20. The predicted molar refractivity (Wildman–Crippen MR) is 139 cm³/mol. The maximum absolute atomic E-state index is 13.0. The van der Waals surface area contributed by atoms with Crippen LogP contribution in [0.25, 0.3) is 0 Å². The molecule has 192 valence electrons. The fraction of sp³-hybridized carbons (Fsp3) is 0.310. The molecule has 1 saturated carbocycles. The number of nitrogens with one attached hydrogen (secondary N) is 1. The van der Waals surface area contributed by atoms with Crippen molar-refractivity contribution in [1.29, 1.82) is 0 Å². The number of anilines is 1. The van der Waals surface area contributed by atoms with Crippen molar-refractivity contribution in [2.75, 3.05) is 5.32 Å². The first-order chi connectivity index (χ1) is 17.9. The number of ether oxygens (including phenoxy) is 2. The zero-order valence-corrected chi connectivity index (χ0v) is 20.7. The number of carbonyl (C=O) groups excluding carboxylic acids is 2. The lowest BCUT2D eigenvalue weighted by molar-refractivity contribution is -0.384. The Morgan fingerprint density at radius 1 is 0.865 bits per heavy atom. The number of nitro benzene ring substituents is 1. The number of nitro groups is 1. The van der Waals surface area contributed by atoms with E-state index in [0.717, 1.165) is 30.5 Å². The summed E-state index contributed by atoms with van der Waals surface area (Å²) in [5, 5.41) is 13.7. The van der Waals surface area contributed by atoms with Crippen molar-refractivity contribution in [3.63, 3.8) is 0 Å². The molecule has 8 nitrogen and oxygen atoms in total. The Bertz CT molecular complexity index is 1220. The van der Waals surface area contributed by atoms with Gasteiger partial charge in [0.05, 0.1) is 16.8 Å². The van der Waals surface area contributed by atoms with Gasteiger partial charge in [0.1, 0.15) is 18.1 Å². The van der Waals surface area contributed by atoms with Crippen LogP contribution in [0.5, 0.6) is 11.5 Å². The summed E-state index contributed by atoms with van der Waals surface area (Å²) in [5.41, 5.74) is 2.71. The first-order valence-electron chi connectivity index (χ1n) is 12.5. The van der Waals surface area contributed by atoms with Crippen molar-refractivity contribution in [2.45, 2.75) is 45.6 Å². The Morgan fingerprint density at radius 3 is 2.03 bits per heavy atom. The van der Waals surface area contributed by atoms with Gasteiger partial charge in [-0.3, -0.25) is 19.7 Å². The van der Waals surface area contributed by atoms with Gasteiger partial charge in [-0.05, 0) is 66.8 Å². The van der Waals surface area contributed by atoms with Crippen molar-refractivity contribution in [3.05, 3.63) is 94.0 Å². The lowest BCUT2D eigenvalue weighted by Crippen LogP contribution is -2.37. The molecular weight excluding hydrogens is 472 g/mol. The Balaban J connectivity index is 1.31. The molecule has 2 unspecified atom stereocenters. The number of hydrogen-bond donors (Lipinski definition) is 1. The van der Waals surface area contributed by atoms with Crippen LogP contribution in [-0.2, 0) is 27.4 Å². The minimum atomic E-state index is -0.465. The molecule has 1 fully saturated rings. The molecule has 0 radical (unpaired) electrons. The molecule has 0 heterocycles. The van der Waals surface area contributed by atoms with Gasteiger partial charge in [-0.15, -0.1) is 0 Å². The van der Waals surface area contributed by atoms with E-state index in [9.17, 15) is 19.7 Å². The highest BCUT2D eigenvalue weighted by Crippen LogP contribution is 2.32. The van der Waals surface area contributed by atoms with Gasteiger partial charge >= 0.3 is 5.97 Å². The molecule has 1 aliphatic carbocycles. The van der Waals surface area contributed by atoms with Gasteiger partial charge in [-0.25, -0.2) is 0 Å². The normalized spacial score (nSPS) is 17.0. The molecule has 0 saturated heterocycles. The van der Waals surface area contributed by atoms with Gasteiger partial charge in [0.15, 0.2) is 0 Å². The van der Waals surface area contributed by atoms with Crippen LogP contribution >= 0.6 is 0 Å². The molecule has 0 bridgehead atoms. The van der Waals surface area contributed by atoms with Crippen LogP contribution in [0.1, 0.15) is 43.7 Å². The second kappa shape index (κ2) is 12.2. The van der Waals surface area contributed by atoms with E-state index in [4.69, 9.17) is 9.47 Å². The van der Waals surface area contributed by atoms with Gasteiger partial charge < -0.3 is 14.8 Å². The van der Waals surface area contributed by atoms with Crippen molar-refractivity contribution in [1.82, 2.24) is 0 Å². The van der Waals surface area contributed by atoms with Gasteiger partial charge in [0.2, 0.25) is 5.91 Å². The zero-order chi connectivity index (χ0) is 26.2. The van der Waals surface area contributed by atoms with E-state index in [2.05, 4.69) is 12.2 Å². The van der Waals surface area contributed by atoms with Crippen LogP contribution in [0.4, 0.5) is 11.4 Å². The molecule has 1 amide bonds. The minimum absolute atomic E-state index is 0.00664. The average molecular weight is 503 g/mol. The molecule has 0 aliphatic heterocycles. The summed E-state index contributed by atoms with van der Waals surface area (Å²) in [6.45, 7) is 2.18. The van der Waals surface area contributed by atoms with E-state index in [1.165, 1.54) is 29.8 Å². The molecule has 1 N–H and O–H groups in total. The molecule has 37 heavy (non-hydrogen) atoms. The first-order valence-corrected chi connectivity index (χ1v) is 12.5. The van der Waals surface area contributed by atoms with E-state index < -0.39 is 16.8 Å². The van der Waals surface area contributed by atoms with Gasteiger partial charge in [-0.1, -0.05) is 44.0 Å². The van der Waals surface area contributed by atoms with Crippen LogP contribution in [0, 0.1) is 22.0 Å². The van der Waals surface area contributed by atoms with E-state index in [1.54, 1.807) is 24.3 Å².